The van der Waals surface area contributed by atoms with E-state index in [2.05, 4.69) is 10.3 Å². The minimum absolute atomic E-state index is 0.462. The van der Waals surface area contributed by atoms with Crippen molar-refractivity contribution in [2.75, 3.05) is 11.1 Å². The third kappa shape index (κ3) is 3.76. The lowest BCUT2D eigenvalue weighted by Crippen LogP contribution is -2.27. The molecule has 0 fully saturated rings. The largest absolute Gasteiger partial charge is 0.444 e. The molecule has 0 spiro atoms. The first-order chi connectivity index (χ1) is 7.28. The topological polar surface area (TPSA) is 77.2 Å². The second kappa shape index (κ2) is 4.38. The third-order valence-corrected chi connectivity index (χ3v) is 1.72. The normalized spacial score (nSPS) is 11.0. The van der Waals surface area contributed by atoms with Crippen LogP contribution in [-0.4, -0.2) is 16.7 Å². The number of hydrogen-bond donors (Lipinski definition) is 2. The van der Waals surface area contributed by atoms with Gasteiger partial charge >= 0.3 is 6.09 Å². The van der Waals surface area contributed by atoms with E-state index in [-0.39, 0.29) is 0 Å². The number of pyridine rings is 1. The van der Waals surface area contributed by atoms with Gasteiger partial charge in [0.05, 0.1) is 11.9 Å². The summed E-state index contributed by atoms with van der Waals surface area (Å²) >= 11 is 0. The number of ether oxygens (including phenoxy) is 1. The van der Waals surface area contributed by atoms with E-state index in [0.29, 0.717) is 11.5 Å². The number of carbonyl (C=O) groups excluding carboxylic acids is 1. The monoisotopic (exact) mass is 223 g/mol. The van der Waals surface area contributed by atoms with Gasteiger partial charge in [0, 0.05) is 0 Å². The molecular formula is C11H17N3O2. The molecule has 0 bridgehead atoms. The van der Waals surface area contributed by atoms with E-state index in [1.807, 2.05) is 6.92 Å². The fraction of sp³-hybridized carbons (Fsp3) is 0.455. The molecule has 16 heavy (non-hydrogen) atoms. The van der Waals surface area contributed by atoms with Gasteiger partial charge in [-0.1, -0.05) is 0 Å². The fourth-order valence-electron chi connectivity index (χ4n) is 1.13. The molecule has 1 rings (SSSR count). The zero-order valence-corrected chi connectivity index (χ0v) is 10.00. The average Bonchev–Trinajstić information content (AvgIpc) is 2.06. The zero-order valence-electron chi connectivity index (χ0n) is 10.00. The molecule has 0 atom stereocenters. The Morgan fingerprint density at radius 1 is 1.50 bits per heavy atom. The lowest BCUT2D eigenvalue weighted by molar-refractivity contribution is 0.0635. The quantitative estimate of drug-likeness (QED) is 0.766. The highest BCUT2D eigenvalue weighted by atomic mass is 16.6. The summed E-state index contributed by atoms with van der Waals surface area (Å²) < 4.78 is 5.11. The lowest BCUT2D eigenvalue weighted by Gasteiger charge is -2.19. The fourth-order valence-corrected chi connectivity index (χ4v) is 1.13. The maximum Gasteiger partial charge on any atom is 0.413 e. The van der Waals surface area contributed by atoms with Gasteiger partial charge in [-0.05, 0) is 39.3 Å². The van der Waals surface area contributed by atoms with Crippen molar-refractivity contribution < 1.29 is 9.53 Å². The number of amides is 1. The number of aromatic nitrogens is 1. The van der Waals surface area contributed by atoms with Crippen molar-refractivity contribution in [3.8, 4) is 0 Å². The predicted molar refractivity (Wildman–Crippen MR) is 63.2 cm³/mol. The Morgan fingerprint density at radius 3 is 2.62 bits per heavy atom. The third-order valence-electron chi connectivity index (χ3n) is 1.72. The molecular weight excluding hydrogens is 206 g/mol. The molecule has 0 aliphatic carbocycles. The number of hydrogen-bond acceptors (Lipinski definition) is 4. The van der Waals surface area contributed by atoms with Gasteiger partial charge in [0.2, 0.25) is 0 Å². The Kier molecular flexibility index (Phi) is 3.37. The maximum atomic E-state index is 11.5. The van der Waals surface area contributed by atoms with Crippen LogP contribution in [0.1, 0.15) is 26.3 Å². The molecule has 0 aromatic carbocycles. The van der Waals surface area contributed by atoms with E-state index >= 15 is 0 Å². The van der Waals surface area contributed by atoms with Gasteiger partial charge in [-0.25, -0.2) is 9.78 Å². The molecule has 1 amide bonds. The van der Waals surface area contributed by atoms with Crippen molar-refractivity contribution in [2.24, 2.45) is 0 Å². The molecule has 0 unspecified atom stereocenters. The van der Waals surface area contributed by atoms with Crippen molar-refractivity contribution in [3.05, 3.63) is 17.8 Å². The van der Waals surface area contributed by atoms with E-state index in [0.717, 1.165) is 5.56 Å². The standard InChI is InChI=1S/C11H17N3O2/c1-7-5-8(12)6-13-9(7)14-10(15)16-11(2,3)4/h5-6H,12H2,1-4H3,(H,13,14,15). The minimum Gasteiger partial charge on any atom is -0.444 e. The molecule has 0 aliphatic rings. The summed E-state index contributed by atoms with van der Waals surface area (Å²) in [5.41, 5.74) is 6.39. The van der Waals surface area contributed by atoms with Crippen LogP contribution < -0.4 is 11.1 Å². The van der Waals surface area contributed by atoms with Crippen LogP contribution >= 0.6 is 0 Å². The molecule has 5 heteroatoms. The number of nitrogens with zero attached hydrogens (tertiary/aromatic N) is 1. The molecule has 0 aliphatic heterocycles. The van der Waals surface area contributed by atoms with Gasteiger partial charge in [0.1, 0.15) is 11.4 Å². The summed E-state index contributed by atoms with van der Waals surface area (Å²) in [4.78, 5) is 15.5. The Balaban J connectivity index is 2.70. The van der Waals surface area contributed by atoms with Crippen LogP contribution in [0.3, 0.4) is 0 Å². The zero-order chi connectivity index (χ0) is 12.3. The predicted octanol–water partition coefficient (Wildman–Crippen LogP) is 2.32. The number of anilines is 2. The smallest absolute Gasteiger partial charge is 0.413 e. The van der Waals surface area contributed by atoms with E-state index in [4.69, 9.17) is 10.5 Å². The van der Waals surface area contributed by atoms with E-state index < -0.39 is 11.7 Å². The van der Waals surface area contributed by atoms with Gasteiger partial charge in [0.25, 0.3) is 0 Å². The molecule has 0 saturated heterocycles. The molecule has 1 aromatic rings. The Hall–Kier alpha value is -1.78. The van der Waals surface area contributed by atoms with Gasteiger partial charge in [-0.15, -0.1) is 0 Å². The highest BCUT2D eigenvalue weighted by Gasteiger charge is 2.17. The summed E-state index contributed by atoms with van der Waals surface area (Å²) in [7, 11) is 0. The Bertz CT molecular complexity index is 397. The SMILES string of the molecule is Cc1cc(N)cnc1NC(=O)OC(C)(C)C. The Morgan fingerprint density at radius 2 is 2.12 bits per heavy atom. The summed E-state index contributed by atoms with van der Waals surface area (Å²) in [5.74, 6) is 0.462. The van der Waals surface area contributed by atoms with Crippen LogP contribution in [0.4, 0.5) is 16.3 Å². The minimum atomic E-state index is -0.522. The first-order valence-electron chi connectivity index (χ1n) is 5.00. The number of carbonyl (C=O) groups is 1. The lowest BCUT2D eigenvalue weighted by atomic mass is 10.2. The van der Waals surface area contributed by atoms with Crippen LogP contribution in [0.15, 0.2) is 12.3 Å². The highest BCUT2D eigenvalue weighted by Crippen LogP contribution is 2.15. The van der Waals surface area contributed by atoms with Gasteiger partial charge in [-0.3, -0.25) is 5.32 Å². The molecule has 3 N–H and O–H groups in total. The van der Waals surface area contributed by atoms with Crippen LogP contribution in [0, 0.1) is 6.92 Å². The van der Waals surface area contributed by atoms with Crippen molar-refractivity contribution in [1.82, 2.24) is 4.98 Å². The van der Waals surface area contributed by atoms with Crippen molar-refractivity contribution >= 4 is 17.6 Å². The number of rotatable bonds is 1. The van der Waals surface area contributed by atoms with Gasteiger partial charge in [-0.2, -0.15) is 0 Å². The van der Waals surface area contributed by atoms with E-state index in [1.54, 1.807) is 26.8 Å². The number of aryl methyl sites for hydroxylation is 1. The average molecular weight is 223 g/mol. The number of nitrogen functional groups attached to an aromatic ring is 1. The second-order valence-electron chi connectivity index (χ2n) is 4.56. The molecule has 5 nitrogen and oxygen atoms in total. The summed E-state index contributed by atoms with van der Waals surface area (Å²) in [6, 6.07) is 1.74. The Labute approximate surface area is 95.0 Å². The van der Waals surface area contributed by atoms with Gasteiger partial charge in [0.15, 0.2) is 0 Å². The summed E-state index contributed by atoms with van der Waals surface area (Å²) in [6.45, 7) is 7.22. The summed E-state index contributed by atoms with van der Waals surface area (Å²) in [6.07, 6.45) is 0.965. The first kappa shape index (κ1) is 12.3. The number of nitrogens with one attached hydrogen (secondary N) is 1. The van der Waals surface area contributed by atoms with Gasteiger partial charge < -0.3 is 10.5 Å². The maximum absolute atomic E-state index is 11.5. The van der Waals surface area contributed by atoms with Crippen LogP contribution in [-0.2, 0) is 4.74 Å². The molecule has 1 heterocycles. The highest BCUT2D eigenvalue weighted by molar-refractivity contribution is 5.84. The first-order valence-corrected chi connectivity index (χ1v) is 5.00. The van der Waals surface area contributed by atoms with Crippen molar-refractivity contribution in [1.29, 1.82) is 0 Å². The van der Waals surface area contributed by atoms with Crippen molar-refractivity contribution in [2.45, 2.75) is 33.3 Å². The molecule has 88 valence electrons. The number of nitrogens with two attached hydrogens (primary N) is 1. The summed E-state index contributed by atoms with van der Waals surface area (Å²) in [5, 5.41) is 2.57. The molecule has 0 radical (unpaired) electrons. The van der Waals surface area contributed by atoms with E-state index in [9.17, 15) is 4.79 Å². The van der Waals surface area contributed by atoms with E-state index in [1.165, 1.54) is 6.20 Å². The second-order valence-corrected chi connectivity index (χ2v) is 4.56. The molecule has 1 aromatic heterocycles. The van der Waals surface area contributed by atoms with Crippen LogP contribution in [0.25, 0.3) is 0 Å². The van der Waals surface area contributed by atoms with Crippen LogP contribution in [0.5, 0.6) is 0 Å². The van der Waals surface area contributed by atoms with Crippen molar-refractivity contribution in [3.63, 3.8) is 0 Å². The molecule has 0 saturated carbocycles. The van der Waals surface area contributed by atoms with Crippen LogP contribution in [0.2, 0.25) is 0 Å².